The molecule has 31 heavy (non-hydrogen) atoms. The summed E-state index contributed by atoms with van der Waals surface area (Å²) in [5.41, 5.74) is 6.88. The van der Waals surface area contributed by atoms with Crippen LogP contribution in [0.5, 0.6) is 0 Å². The van der Waals surface area contributed by atoms with Gasteiger partial charge >= 0.3 is 0 Å². The monoisotopic (exact) mass is 428 g/mol. The summed E-state index contributed by atoms with van der Waals surface area (Å²) in [5, 5.41) is 0. The van der Waals surface area contributed by atoms with Gasteiger partial charge in [0.1, 0.15) is 5.60 Å². The van der Waals surface area contributed by atoms with Crippen LogP contribution in [0.2, 0.25) is 0 Å². The van der Waals surface area contributed by atoms with Crippen LogP contribution in [0.15, 0.2) is 24.3 Å². The van der Waals surface area contributed by atoms with E-state index in [1.807, 2.05) is 19.2 Å². The molecule has 4 fully saturated rings. The Balaban J connectivity index is 1.33. The SMILES string of the molecule is CO[C@]1(c2cccc(C(N)=O)c2)[C@@H]2CCC[C@H]1CN(CC1(OC3CCCCO3)CC1)C2. The van der Waals surface area contributed by atoms with Crippen LogP contribution in [-0.2, 0) is 19.8 Å². The maximum absolute atomic E-state index is 11.8. The van der Waals surface area contributed by atoms with Crippen LogP contribution in [0.3, 0.4) is 0 Å². The predicted octanol–water partition coefficient (Wildman–Crippen LogP) is 3.43. The summed E-state index contributed by atoms with van der Waals surface area (Å²) in [4.78, 5) is 14.4. The smallest absolute Gasteiger partial charge is 0.248 e. The average molecular weight is 429 g/mol. The van der Waals surface area contributed by atoms with E-state index < -0.39 is 0 Å². The van der Waals surface area contributed by atoms with E-state index in [-0.39, 0.29) is 23.4 Å². The number of piperidine rings is 1. The number of methoxy groups -OCH3 is 1. The molecule has 2 aliphatic heterocycles. The summed E-state index contributed by atoms with van der Waals surface area (Å²) in [5.74, 6) is 0.415. The fourth-order valence-corrected chi connectivity index (χ4v) is 6.43. The molecule has 2 saturated carbocycles. The molecule has 1 unspecified atom stereocenters. The van der Waals surface area contributed by atoms with Crippen molar-refractivity contribution >= 4 is 5.91 Å². The van der Waals surface area contributed by atoms with Gasteiger partial charge in [0.15, 0.2) is 6.29 Å². The van der Waals surface area contributed by atoms with Crippen LogP contribution in [0.4, 0.5) is 0 Å². The van der Waals surface area contributed by atoms with E-state index in [0.29, 0.717) is 17.4 Å². The topological polar surface area (TPSA) is 74.0 Å². The van der Waals surface area contributed by atoms with Crippen LogP contribution in [0.1, 0.15) is 67.3 Å². The van der Waals surface area contributed by atoms with Crippen molar-refractivity contribution in [1.29, 1.82) is 0 Å². The van der Waals surface area contributed by atoms with Gasteiger partial charge in [-0.15, -0.1) is 0 Å². The highest BCUT2D eigenvalue weighted by molar-refractivity contribution is 5.92. The summed E-state index contributed by atoms with van der Waals surface area (Å²) in [7, 11) is 1.84. The molecule has 0 radical (unpaired) electrons. The molecule has 2 bridgehead atoms. The highest BCUT2D eigenvalue weighted by Gasteiger charge is 2.55. The third kappa shape index (κ3) is 4.04. The molecular formula is C25H36N2O4. The van der Waals surface area contributed by atoms with Crippen molar-refractivity contribution in [2.75, 3.05) is 33.4 Å². The third-order valence-corrected chi connectivity index (χ3v) is 8.05. The second-order valence-corrected chi connectivity index (χ2v) is 10.1. The van der Waals surface area contributed by atoms with Gasteiger partial charge in [0, 0.05) is 50.8 Å². The molecule has 4 atom stereocenters. The minimum Gasteiger partial charge on any atom is -0.373 e. The number of fused-ring (bicyclic) bond motifs is 2. The molecule has 4 aliphatic rings. The molecule has 2 saturated heterocycles. The first-order chi connectivity index (χ1) is 15.0. The molecular weight excluding hydrogens is 392 g/mol. The summed E-state index contributed by atoms with van der Waals surface area (Å²) >= 11 is 0. The first kappa shape index (κ1) is 21.4. The summed E-state index contributed by atoms with van der Waals surface area (Å²) in [6.07, 6.45) is 9.15. The largest absolute Gasteiger partial charge is 0.373 e. The van der Waals surface area contributed by atoms with Crippen molar-refractivity contribution in [2.45, 2.75) is 68.9 Å². The fourth-order valence-electron chi connectivity index (χ4n) is 6.43. The van der Waals surface area contributed by atoms with Crippen LogP contribution in [-0.4, -0.2) is 56.0 Å². The second-order valence-electron chi connectivity index (χ2n) is 10.1. The van der Waals surface area contributed by atoms with Crippen molar-refractivity contribution in [3.05, 3.63) is 35.4 Å². The molecule has 0 aromatic heterocycles. The number of hydrogen-bond acceptors (Lipinski definition) is 5. The van der Waals surface area contributed by atoms with Crippen molar-refractivity contribution < 1.29 is 19.0 Å². The number of hydrogen-bond donors (Lipinski definition) is 1. The molecule has 170 valence electrons. The first-order valence-electron chi connectivity index (χ1n) is 12.0. The van der Waals surface area contributed by atoms with Crippen molar-refractivity contribution in [1.82, 2.24) is 4.90 Å². The van der Waals surface area contributed by atoms with Gasteiger partial charge in [0.2, 0.25) is 5.91 Å². The highest BCUT2D eigenvalue weighted by atomic mass is 16.7. The maximum atomic E-state index is 11.8. The van der Waals surface area contributed by atoms with E-state index >= 15 is 0 Å². The zero-order valence-electron chi connectivity index (χ0n) is 18.7. The van der Waals surface area contributed by atoms with Crippen LogP contribution in [0, 0.1) is 11.8 Å². The molecule has 6 nitrogen and oxygen atoms in total. The van der Waals surface area contributed by atoms with Crippen LogP contribution >= 0.6 is 0 Å². The van der Waals surface area contributed by atoms with E-state index in [1.165, 1.54) is 12.8 Å². The van der Waals surface area contributed by atoms with E-state index in [4.69, 9.17) is 19.9 Å². The molecule has 1 amide bonds. The van der Waals surface area contributed by atoms with E-state index in [0.717, 1.165) is 70.3 Å². The number of primary amides is 1. The zero-order chi connectivity index (χ0) is 21.5. The minimum absolute atomic E-state index is 0.0184. The highest BCUT2D eigenvalue weighted by Crippen LogP contribution is 2.53. The molecule has 2 heterocycles. The van der Waals surface area contributed by atoms with Gasteiger partial charge in [-0.05, 0) is 62.6 Å². The van der Waals surface area contributed by atoms with Crippen LogP contribution < -0.4 is 5.73 Å². The molecule has 1 aromatic carbocycles. The van der Waals surface area contributed by atoms with Gasteiger partial charge < -0.3 is 19.9 Å². The Hall–Kier alpha value is -1.47. The Kier molecular flexibility index (Phi) is 5.84. The fraction of sp³-hybridized carbons (Fsp3) is 0.720. The average Bonchev–Trinajstić information content (AvgIpc) is 3.52. The summed E-state index contributed by atoms with van der Waals surface area (Å²) < 4.78 is 18.7. The molecule has 2 aliphatic carbocycles. The normalized spacial score (nSPS) is 34.9. The Morgan fingerprint density at radius 3 is 2.55 bits per heavy atom. The number of ether oxygens (including phenoxy) is 3. The van der Waals surface area contributed by atoms with Gasteiger partial charge in [-0.1, -0.05) is 18.6 Å². The van der Waals surface area contributed by atoms with Crippen LogP contribution in [0.25, 0.3) is 0 Å². The lowest BCUT2D eigenvalue weighted by Gasteiger charge is -2.56. The molecule has 0 spiro atoms. The zero-order valence-corrected chi connectivity index (χ0v) is 18.7. The second kappa shape index (κ2) is 8.47. The summed E-state index contributed by atoms with van der Waals surface area (Å²) in [6, 6.07) is 7.80. The number of rotatable bonds is 7. The quantitative estimate of drug-likeness (QED) is 0.720. The van der Waals surface area contributed by atoms with Gasteiger partial charge in [0.25, 0.3) is 0 Å². The third-order valence-electron chi connectivity index (χ3n) is 8.05. The minimum atomic E-state index is -0.381. The number of carbonyl (C=O) groups excluding carboxylic acids is 1. The van der Waals surface area contributed by atoms with E-state index in [9.17, 15) is 4.79 Å². The summed E-state index contributed by atoms with van der Waals surface area (Å²) in [6.45, 7) is 3.82. The first-order valence-corrected chi connectivity index (χ1v) is 12.0. The number of benzene rings is 1. The molecule has 1 aromatic rings. The van der Waals surface area contributed by atoms with Crippen molar-refractivity contribution in [2.24, 2.45) is 17.6 Å². The number of amides is 1. The molecule has 2 N–H and O–H groups in total. The lowest BCUT2D eigenvalue weighted by molar-refractivity contribution is -0.210. The maximum Gasteiger partial charge on any atom is 0.248 e. The number of carbonyl (C=O) groups is 1. The standard InChI is InChI=1S/C25H36N2O4/c1-29-25(19-7-4-6-18(14-19)23(26)28)20-8-5-9-21(25)16-27(15-20)17-24(11-12-24)31-22-10-2-3-13-30-22/h4,6-7,14,20-22H,2-3,5,8-13,15-17H2,1H3,(H2,26,28)/t20-,21+,22?,25-. The van der Waals surface area contributed by atoms with Gasteiger partial charge in [-0.2, -0.15) is 0 Å². The van der Waals surface area contributed by atoms with Crippen molar-refractivity contribution in [3.63, 3.8) is 0 Å². The van der Waals surface area contributed by atoms with Gasteiger partial charge in [-0.25, -0.2) is 0 Å². The van der Waals surface area contributed by atoms with E-state index in [2.05, 4.69) is 11.0 Å². The number of nitrogens with two attached hydrogens (primary N) is 1. The van der Waals surface area contributed by atoms with E-state index in [1.54, 1.807) is 6.07 Å². The van der Waals surface area contributed by atoms with Crippen molar-refractivity contribution in [3.8, 4) is 0 Å². The van der Waals surface area contributed by atoms with Gasteiger partial charge in [-0.3, -0.25) is 9.69 Å². The van der Waals surface area contributed by atoms with Gasteiger partial charge in [0.05, 0.1) is 5.60 Å². The Morgan fingerprint density at radius 1 is 1.16 bits per heavy atom. The lowest BCUT2D eigenvalue weighted by atomic mass is 9.62. The lowest BCUT2D eigenvalue weighted by Crippen LogP contribution is -2.60. The number of nitrogens with zero attached hydrogens (tertiary/aromatic N) is 1. The Labute approximate surface area is 185 Å². The molecule has 5 rings (SSSR count). The molecule has 6 heteroatoms. The number of likely N-dealkylation sites (tertiary alicyclic amines) is 1. The Morgan fingerprint density at radius 2 is 1.94 bits per heavy atom. The Bertz CT molecular complexity index is 788. The predicted molar refractivity (Wildman–Crippen MR) is 118 cm³/mol.